The zero-order valence-corrected chi connectivity index (χ0v) is 13.7. The molecule has 2 atom stereocenters. The van der Waals surface area contributed by atoms with Gasteiger partial charge in [-0.15, -0.1) is 12.4 Å². The SMILES string of the molecule is CNCC(C)C(=O)N1CCN(C(=O)C2CCCO2)CC1.Cl. The molecule has 0 radical (unpaired) electrons. The highest BCUT2D eigenvalue weighted by Gasteiger charge is 2.31. The van der Waals surface area contributed by atoms with E-state index < -0.39 is 0 Å². The van der Waals surface area contributed by atoms with Gasteiger partial charge in [0.2, 0.25) is 5.91 Å². The van der Waals surface area contributed by atoms with Crippen molar-refractivity contribution in [1.29, 1.82) is 0 Å². The lowest BCUT2D eigenvalue weighted by Gasteiger charge is -2.36. The minimum absolute atomic E-state index is 0. The van der Waals surface area contributed by atoms with Crippen LogP contribution in [0.1, 0.15) is 19.8 Å². The van der Waals surface area contributed by atoms with Crippen LogP contribution in [-0.2, 0) is 14.3 Å². The molecule has 2 amide bonds. The molecule has 2 saturated heterocycles. The fourth-order valence-corrected chi connectivity index (χ4v) is 2.83. The molecule has 2 rings (SSSR count). The standard InChI is InChI=1S/C14H25N3O3.ClH/c1-11(10-15-2)13(18)16-5-7-17(8-6-16)14(19)12-4-3-9-20-12;/h11-12,15H,3-10H2,1-2H3;1H. The van der Waals surface area contributed by atoms with E-state index in [9.17, 15) is 9.59 Å². The molecule has 0 saturated carbocycles. The number of ether oxygens (including phenoxy) is 1. The van der Waals surface area contributed by atoms with E-state index in [1.807, 2.05) is 23.8 Å². The van der Waals surface area contributed by atoms with Crippen molar-refractivity contribution in [2.75, 3.05) is 46.4 Å². The molecule has 0 aromatic carbocycles. The highest BCUT2D eigenvalue weighted by molar-refractivity contribution is 5.85. The fraction of sp³-hybridized carbons (Fsp3) is 0.857. The lowest BCUT2D eigenvalue weighted by molar-refractivity contribution is -0.147. The number of rotatable bonds is 4. The van der Waals surface area contributed by atoms with Crippen LogP contribution < -0.4 is 5.32 Å². The van der Waals surface area contributed by atoms with Crippen LogP contribution in [0.25, 0.3) is 0 Å². The van der Waals surface area contributed by atoms with Crippen LogP contribution in [0, 0.1) is 5.92 Å². The van der Waals surface area contributed by atoms with Crippen LogP contribution in [0.5, 0.6) is 0 Å². The van der Waals surface area contributed by atoms with Crippen molar-refractivity contribution < 1.29 is 14.3 Å². The van der Waals surface area contributed by atoms with Gasteiger partial charge in [0.1, 0.15) is 6.10 Å². The van der Waals surface area contributed by atoms with Crippen molar-refractivity contribution in [2.45, 2.75) is 25.9 Å². The van der Waals surface area contributed by atoms with E-state index in [-0.39, 0.29) is 36.2 Å². The van der Waals surface area contributed by atoms with Crippen LogP contribution >= 0.6 is 12.4 Å². The first-order chi connectivity index (χ1) is 9.63. The Morgan fingerprint density at radius 1 is 1.24 bits per heavy atom. The molecule has 0 aliphatic carbocycles. The summed E-state index contributed by atoms with van der Waals surface area (Å²) in [5, 5.41) is 3.02. The van der Waals surface area contributed by atoms with Gasteiger partial charge in [0.15, 0.2) is 0 Å². The Morgan fingerprint density at radius 2 is 1.86 bits per heavy atom. The normalized spacial score (nSPS) is 23.6. The topological polar surface area (TPSA) is 61.9 Å². The number of hydrogen-bond donors (Lipinski definition) is 1. The number of nitrogens with one attached hydrogen (secondary N) is 1. The van der Waals surface area contributed by atoms with Gasteiger partial charge in [-0.1, -0.05) is 6.92 Å². The monoisotopic (exact) mass is 319 g/mol. The molecule has 0 spiro atoms. The lowest BCUT2D eigenvalue weighted by Crippen LogP contribution is -2.54. The zero-order chi connectivity index (χ0) is 14.5. The van der Waals surface area contributed by atoms with Crippen LogP contribution in [0.4, 0.5) is 0 Å². The largest absolute Gasteiger partial charge is 0.368 e. The summed E-state index contributed by atoms with van der Waals surface area (Å²) in [6.45, 7) is 5.82. The highest BCUT2D eigenvalue weighted by Crippen LogP contribution is 2.16. The average Bonchev–Trinajstić information content (AvgIpc) is 3.00. The Labute approximate surface area is 132 Å². The second-order valence-electron chi connectivity index (χ2n) is 5.61. The number of piperazine rings is 1. The molecular formula is C14H26ClN3O3. The summed E-state index contributed by atoms with van der Waals surface area (Å²) in [5.74, 6) is 0.252. The fourth-order valence-electron chi connectivity index (χ4n) is 2.83. The van der Waals surface area contributed by atoms with Crippen LogP contribution in [0.15, 0.2) is 0 Å². The van der Waals surface area contributed by atoms with Crippen molar-refractivity contribution in [3.63, 3.8) is 0 Å². The van der Waals surface area contributed by atoms with Crippen LogP contribution in [0.3, 0.4) is 0 Å². The third-order valence-electron chi connectivity index (χ3n) is 4.04. The summed E-state index contributed by atoms with van der Waals surface area (Å²) in [5.41, 5.74) is 0. The van der Waals surface area contributed by atoms with E-state index >= 15 is 0 Å². The molecule has 0 bridgehead atoms. The summed E-state index contributed by atoms with van der Waals surface area (Å²) >= 11 is 0. The average molecular weight is 320 g/mol. The number of carbonyl (C=O) groups excluding carboxylic acids is 2. The van der Waals surface area contributed by atoms with Gasteiger partial charge in [-0.3, -0.25) is 9.59 Å². The minimum atomic E-state index is -0.250. The molecule has 2 aliphatic rings. The van der Waals surface area contributed by atoms with Crippen molar-refractivity contribution in [3.8, 4) is 0 Å². The number of halogens is 1. The Bertz CT molecular complexity index is 353. The first kappa shape index (κ1) is 18.2. The second kappa shape index (κ2) is 8.56. The summed E-state index contributed by atoms with van der Waals surface area (Å²) in [6, 6.07) is 0. The van der Waals surface area contributed by atoms with Gasteiger partial charge in [-0.05, 0) is 19.9 Å². The van der Waals surface area contributed by atoms with Crippen molar-refractivity contribution in [3.05, 3.63) is 0 Å². The number of hydrogen-bond acceptors (Lipinski definition) is 4. The molecule has 7 heteroatoms. The second-order valence-corrected chi connectivity index (χ2v) is 5.61. The molecular weight excluding hydrogens is 294 g/mol. The first-order valence-electron chi connectivity index (χ1n) is 7.47. The summed E-state index contributed by atoms with van der Waals surface area (Å²) < 4.78 is 5.43. The predicted octanol–water partition coefficient (Wildman–Crippen LogP) is 0.114. The van der Waals surface area contributed by atoms with E-state index in [2.05, 4.69) is 5.32 Å². The highest BCUT2D eigenvalue weighted by atomic mass is 35.5. The molecule has 0 aromatic rings. The first-order valence-corrected chi connectivity index (χ1v) is 7.47. The molecule has 2 heterocycles. The molecule has 6 nitrogen and oxygen atoms in total. The van der Waals surface area contributed by atoms with Crippen molar-refractivity contribution >= 4 is 24.2 Å². The molecule has 2 fully saturated rings. The quantitative estimate of drug-likeness (QED) is 0.799. The third kappa shape index (κ3) is 4.56. The van der Waals surface area contributed by atoms with E-state index in [1.54, 1.807) is 0 Å². The zero-order valence-electron chi connectivity index (χ0n) is 12.8. The Balaban J connectivity index is 0.00000220. The Morgan fingerprint density at radius 3 is 2.38 bits per heavy atom. The summed E-state index contributed by atoms with van der Waals surface area (Å²) in [4.78, 5) is 28.1. The maximum atomic E-state index is 12.2. The molecule has 2 unspecified atom stereocenters. The van der Waals surface area contributed by atoms with Gasteiger partial charge in [0.25, 0.3) is 5.91 Å². The van der Waals surface area contributed by atoms with Gasteiger partial charge in [0.05, 0.1) is 0 Å². The van der Waals surface area contributed by atoms with Gasteiger partial charge in [-0.2, -0.15) is 0 Å². The number of amides is 2. The lowest BCUT2D eigenvalue weighted by atomic mass is 10.1. The van der Waals surface area contributed by atoms with Crippen LogP contribution in [0.2, 0.25) is 0 Å². The van der Waals surface area contributed by atoms with E-state index in [0.29, 0.717) is 39.3 Å². The summed E-state index contributed by atoms with van der Waals surface area (Å²) in [7, 11) is 1.85. The molecule has 122 valence electrons. The Hall–Kier alpha value is -0.850. The van der Waals surface area contributed by atoms with Gasteiger partial charge < -0.3 is 19.9 Å². The number of carbonyl (C=O) groups is 2. The number of nitrogens with zero attached hydrogens (tertiary/aromatic N) is 2. The van der Waals surface area contributed by atoms with Crippen molar-refractivity contribution in [2.24, 2.45) is 5.92 Å². The predicted molar refractivity (Wildman–Crippen MR) is 82.5 cm³/mol. The maximum absolute atomic E-state index is 12.2. The maximum Gasteiger partial charge on any atom is 0.251 e. The van der Waals surface area contributed by atoms with Gasteiger partial charge >= 0.3 is 0 Å². The molecule has 2 aliphatic heterocycles. The molecule has 0 aromatic heterocycles. The van der Waals surface area contributed by atoms with Gasteiger partial charge in [-0.25, -0.2) is 0 Å². The Kier molecular flexibility index (Phi) is 7.42. The van der Waals surface area contributed by atoms with Gasteiger partial charge in [0, 0.05) is 45.2 Å². The van der Waals surface area contributed by atoms with E-state index in [4.69, 9.17) is 4.74 Å². The van der Waals surface area contributed by atoms with Crippen molar-refractivity contribution in [1.82, 2.24) is 15.1 Å². The minimum Gasteiger partial charge on any atom is -0.368 e. The van der Waals surface area contributed by atoms with E-state index in [0.717, 1.165) is 12.8 Å². The smallest absolute Gasteiger partial charge is 0.251 e. The summed E-state index contributed by atoms with van der Waals surface area (Å²) in [6.07, 6.45) is 1.55. The molecule has 21 heavy (non-hydrogen) atoms. The third-order valence-corrected chi connectivity index (χ3v) is 4.04. The molecule has 1 N–H and O–H groups in total. The van der Waals surface area contributed by atoms with E-state index in [1.165, 1.54) is 0 Å². The van der Waals surface area contributed by atoms with Crippen LogP contribution in [-0.4, -0.2) is 74.1 Å².